The summed E-state index contributed by atoms with van der Waals surface area (Å²) in [5.74, 6) is -1.67. The van der Waals surface area contributed by atoms with Crippen molar-refractivity contribution < 1.29 is 25.6 Å². The Balaban J connectivity index is 2.42. The lowest BCUT2D eigenvalue weighted by atomic mass is 10.1. The summed E-state index contributed by atoms with van der Waals surface area (Å²) in [5.41, 5.74) is -0.0413. The maximum atomic E-state index is 13.8. The zero-order chi connectivity index (χ0) is 19.0. The van der Waals surface area contributed by atoms with Crippen molar-refractivity contribution in [3.63, 3.8) is 0 Å². The Morgan fingerprint density at radius 1 is 1.04 bits per heavy atom. The highest BCUT2D eigenvalue weighted by molar-refractivity contribution is 9.10. The van der Waals surface area contributed by atoms with Gasteiger partial charge in [0, 0.05) is 28.4 Å². The maximum absolute atomic E-state index is 13.8. The lowest BCUT2D eigenvalue weighted by molar-refractivity contribution is 0.539. The number of halogens is 3. The fraction of sp³-hybridized carbons (Fsp3) is 0.200. The van der Waals surface area contributed by atoms with Crippen LogP contribution in [-0.2, 0) is 19.9 Å². The van der Waals surface area contributed by atoms with Crippen molar-refractivity contribution in [2.24, 2.45) is 0 Å². The molecule has 136 valence electrons. The second-order valence-electron chi connectivity index (χ2n) is 5.37. The van der Waals surface area contributed by atoms with Gasteiger partial charge in [0.15, 0.2) is 9.84 Å². The Bertz CT molecular complexity index is 1020. The predicted molar refractivity (Wildman–Crippen MR) is 92.3 cm³/mol. The highest BCUT2D eigenvalue weighted by Gasteiger charge is 2.24. The van der Waals surface area contributed by atoms with E-state index in [2.05, 4.69) is 20.7 Å². The van der Waals surface area contributed by atoms with Crippen LogP contribution in [0.15, 0.2) is 50.7 Å². The number of rotatable bonds is 5. The second kappa shape index (κ2) is 7.10. The molecule has 2 aromatic rings. The fourth-order valence-electron chi connectivity index (χ4n) is 2.13. The van der Waals surface area contributed by atoms with E-state index >= 15 is 0 Å². The Labute approximate surface area is 153 Å². The third-order valence-electron chi connectivity index (χ3n) is 3.38. The second-order valence-corrected chi connectivity index (χ2v) is 9.93. The number of nitrogens with one attached hydrogen (secondary N) is 1. The van der Waals surface area contributed by atoms with Gasteiger partial charge in [0.05, 0.1) is 9.79 Å². The Hall–Kier alpha value is -1.36. The van der Waals surface area contributed by atoms with Crippen molar-refractivity contribution in [2.45, 2.75) is 22.8 Å². The van der Waals surface area contributed by atoms with Gasteiger partial charge in [-0.25, -0.2) is 30.3 Å². The maximum Gasteiger partial charge on any atom is 0.242 e. The van der Waals surface area contributed by atoms with Crippen LogP contribution in [0.2, 0.25) is 0 Å². The molecule has 0 bridgehead atoms. The lowest BCUT2D eigenvalue weighted by Gasteiger charge is -2.16. The molecule has 0 aliphatic rings. The summed E-state index contributed by atoms with van der Waals surface area (Å²) >= 11 is 3.07. The third-order valence-corrected chi connectivity index (χ3v) is 7.03. The highest BCUT2D eigenvalue weighted by atomic mass is 79.9. The van der Waals surface area contributed by atoms with Crippen molar-refractivity contribution in [3.8, 4) is 0 Å². The molecule has 0 spiro atoms. The van der Waals surface area contributed by atoms with E-state index in [4.69, 9.17) is 0 Å². The van der Waals surface area contributed by atoms with Crippen LogP contribution in [0.5, 0.6) is 0 Å². The summed E-state index contributed by atoms with van der Waals surface area (Å²) in [4.78, 5) is -0.471. The van der Waals surface area contributed by atoms with E-state index in [1.54, 1.807) is 0 Å². The number of hydrogen-bond acceptors (Lipinski definition) is 4. The summed E-state index contributed by atoms with van der Waals surface area (Å²) < 4.78 is 77.6. The molecule has 5 nitrogen and oxygen atoms in total. The average Bonchev–Trinajstić information content (AvgIpc) is 2.45. The van der Waals surface area contributed by atoms with Gasteiger partial charge in [0.2, 0.25) is 10.0 Å². The summed E-state index contributed by atoms with van der Waals surface area (Å²) in [7, 11) is -7.78. The van der Waals surface area contributed by atoms with E-state index in [0.717, 1.165) is 24.5 Å². The van der Waals surface area contributed by atoms with Crippen molar-refractivity contribution in [1.82, 2.24) is 4.72 Å². The van der Waals surface area contributed by atoms with E-state index in [1.807, 2.05) is 0 Å². The number of hydrogen-bond donors (Lipinski definition) is 1. The van der Waals surface area contributed by atoms with Crippen LogP contribution in [0.3, 0.4) is 0 Å². The van der Waals surface area contributed by atoms with E-state index < -0.39 is 37.5 Å². The van der Waals surface area contributed by atoms with Gasteiger partial charge in [-0.3, -0.25) is 0 Å². The first-order valence-corrected chi connectivity index (χ1v) is 11.1. The van der Waals surface area contributed by atoms with E-state index in [0.29, 0.717) is 6.07 Å². The zero-order valence-corrected chi connectivity index (χ0v) is 16.3. The van der Waals surface area contributed by atoms with E-state index in [1.165, 1.54) is 19.1 Å². The molecule has 0 saturated heterocycles. The van der Waals surface area contributed by atoms with Gasteiger partial charge in [-0.2, -0.15) is 0 Å². The van der Waals surface area contributed by atoms with Crippen LogP contribution in [0.4, 0.5) is 8.78 Å². The van der Waals surface area contributed by atoms with Crippen molar-refractivity contribution in [1.29, 1.82) is 0 Å². The smallest absolute Gasteiger partial charge is 0.224 e. The molecule has 1 unspecified atom stereocenters. The van der Waals surface area contributed by atoms with Gasteiger partial charge in [-0.15, -0.1) is 0 Å². The van der Waals surface area contributed by atoms with Crippen LogP contribution >= 0.6 is 15.9 Å². The van der Waals surface area contributed by atoms with Crippen LogP contribution in [0, 0.1) is 11.6 Å². The molecule has 0 heterocycles. The predicted octanol–water partition coefficient (Wildman–Crippen LogP) is 3.17. The molecule has 0 aromatic heterocycles. The topological polar surface area (TPSA) is 80.3 Å². The van der Waals surface area contributed by atoms with Crippen LogP contribution in [0.1, 0.15) is 18.5 Å². The molecular formula is C15H14BrF2NO4S2. The van der Waals surface area contributed by atoms with Crippen molar-refractivity contribution in [3.05, 3.63) is 58.1 Å². The minimum atomic E-state index is -4.17. The molecule has 1 N–H and O–H groups in total. The van der Waals surface area contributed by atoms with Crippen molar-refractivity contribution in [2.75, 3.05) is 6.26 Å². The molecule has 0 aliphatic heterocycles. The van der Waals surface area contributed by atoms with Crippen LogP contribution < -0.4 is 4.72 Å². The third kappa shape index (κ3) is 4.63. The van der Waals surface area contributed by atoms with Gasteiger partial charge < -0.3 is 0 Å². The SMILES string of the molecule is CC(NS(=O)(=O)c1cc(S(C)(=O)=O)ccc1Br)c1ccc(F)cc1F. The summed E-state index contributed by atoms with van der Waals surface area (Å²) in [5, 5.41) is 0. The largest absolute Gasteiger partial charge is 0.242 e. The minimum absolute atomic E-state index is 0.0413. The molecule has 25 heavy (non-hydrogen) atoms. The summed E-state index contributed by atoms with van der Waals surface area (Å²) in [6.07, 6.45) is 0.955. The number of sulfone groups is 1. The lowest BCUT2D eigenvalue weighted by Crippen LogP contribution is -2.28. The highest BCUT2D eigenvalue weighted by Crippen LogP contribution is 2.27. The fourth-order valence-corrected chi connectivity index (χ4v) is 5.07. The Morgan fingerprint density at radius 2 is 1.68 bits per heavy atom. The number of sulfonamides is 1. The van der Waals surface area contributed by atoms with Gasteiger partial charge in [0.25, 0.3) is 0 Å². The molecule has 0 fully saturated rings. The van der Waals surface area contributed by atoms with E-state index in [-0.39, 0.29) is 19.8 Å². The molecule has 0 saturated carbocycles. The summed E-state index contributed by atoms with van der Waals surface area (Å²) in [6.45, 7) is 1.39. The Morgan fingerprint density at radius 3 is 2.24 bits per heavy atom. The van der Waals surface area contributed by atoms with Crippen molar-refractivity contribution >= 4 is 35.8 Å². The first kappa shape index (κ1) is 20.0. The first-order valence-electron chi connectivity index (χ1n) is 6.89. The average molecular weight is 454 g/mol. The van der Waals surface area contributed by atoms with Gasteiger partial charge in [0.1, 0.15) is 11.6 Å². The normalized spacial score (nSPS) is 13.6. The standard InChI is InChI=1S/C15H14BrF2NO4S2/c1-9(12-5-3-10(17)7-14(12)18)19-25(22,23)15-8-11(24(2,20)21)4-6-13(15)16/h3-9,19H,1-2H3. The molecule has 10 heteroatoms. The van der Waals surface area contributed by atoms with E-state index in [9.17, 15) is 25.6 Å². The van der Waals surface area contributed by atoms with Gasteiger partial charge >= 0.3 is 0 Å². The van der Waals surface area contributed by atoms with Gasteiger partial charge in [-0.1, -0.05) is 6.07 Å². The molecule has 1 atom stereocenters. The zero-order valence-electron chi connectivity index (χ0n) is 13.1. The quantitative estimate of drug-likeness (QED) is 0.753. The summed E-state index contributed by atoms with van der Waals surface area (Å²) in [6, 6.07) is 5.38. The first-order chi connectivity index (χ1) is 11.4. The number of benzene rings is 2. The molecule has 2 aromatic carbocycles. The van der Waals surface area contributed by atoms with Crippen LogP contribution in [-0.4, -0.2) is 23.1 Å². The molecule has 0 radical (unpaired) electrons. The molecular weight excluding hydrogens is 440 g/mol. The van der Waals surface area contributed by atoms with Crippen LogP contribution in [0.25, 0.3) is 0 Å². The molecule has 2 rings (SSSR count). The monoisotopic (exact) mass is 453 g/mol. The molecule has 0 amide bonds. The van der Waals surface area contributed by atoms with Gasteiger partial charge in [-0.05, 0) is 47.1 Å². The Kier molecular flexibility index (Phi) is 5.67. The molecule has 0 aliphatic carbocycles. The minimum Gasteiger partial charge on any atom is -0.224 e.